The molecule has 2 aromatic rings. The van der Waals surface area contributed by atoms with E-state index in [1.807, 2.05) is 42.5 Å². The Balaban J connectivity index is 2.05. The number of likely N-dealkylation sites (N-methyl/N-ethyl adjacent to an activating group) is 1. The van der Waals surface area contributed by atoms with Crippen molar-refractivity contribution in [2.45, 2.75) is 6.04 Å². The van der Waals surface area contributed by atoms with Gasteiger partial charge in [0.15, 0.2) is 5.11 Å². The topological polar surface area (TPSA) is 27.3 Å². The molecular formula is C17H20BrN3S. The van der Waals surface area contributed by atoms with Crippen LogP contribution in [-0.2, 0) is 0 Å². The third-order valence-electron chi connectivity index (χ3n) is 3.14. The maximum absolute atomic E-state index is 5.45. The normalized spacial score (nSPS) is 12.0. The summed E-state index contributed by atoms with van der Waals surface area (Å²) < 4.78 is 1.02. The second-order valence-electron chi connectivity index (χ2n) is 5.33. The molecular weight excluding hydrogens is 358 g/mol. The van der Waals surface area contributed by atoms with Crippen molar-refractivity contribution >= 4 is 38.9 Å². The molecule has 0 heterocycles. The Hall–Kier alpha value is -1.43. The summed E-state index contributed by atoms with van der Waals surface area (Å²) in [5.74, 6) is 0. The summed E-state index contributed by atoms with van der Waals surface area (Å²) in [5.41, 5.74) is 2.18. The maximum atomic E-state index is 5.45. The fourth-order valence-corrected chi connectivity index (χ4v) is 2.84. The van der Waals surface area contributed by atoms with Gasteiger partial charge in [0, 0.05) is 16.7 Å². The molecule has 0 saturated carbocycles. The SMILES string of the molecule is CN(C)C[C@H](NC(=S)Nc1cccc(Br)c1)c1ccccc1. The molecule has 0 aliphatic rings. The average molecular weight is 378 g/mol. The number of thiocarbonyl (C=S) groups is 1. The van der Waals surface area contributed by atoms with Gasteiger partial charge in [0.05, 0.1) is 6.04 Å². The van der Waals surface area contributed by atoms with Gasteiger partial charge in [-0.3, -0.25) is 0 Å². The van der Waals surface area contributed by atoms with Gasteiger partial charge in [0.1, 0.15) is 0 Å². The van der Waals surface area contributed by atoms with E-state index in [-0.39, 0.29) is 6.04 Å². The quantitative estimate of drug-likeness (QED) is 0.768. The number of nitrogens with zero attached hydrogens (tertiary/aromatic N) is 1. The Kier molecular flexibility index (Phi) is 6.36. The molecule has 0 fully saturated rings. The summed E-state index contributed by atoms with van der Waals surface area (Å²) >= 11 is 8.91. The molecule has 0 aromatic heterocycles. The number of nitrogens with one attached hydrogen (secondary N) is 2. The lowest BCUT2D eigenvalue weighted by Crippen LogP contribution is -2.37. The van der Waals surface area contributed by atoms with Crippen LogP contribution in [0.15, 0.2) is 59.1 Å². The highest BCUT2D eigenvalue weighted by Crippen LogP contribution is 2.17. The minimum absolute atomic E-state index is 0.142. The first-order chi connectivity index (χ1) is 10.5. The summed E-state index contributed by atoms with van der Waals surface area (Å²) in [6, 6.07) is 18.4. The Bertz CT molecular complexity index is 616. The van der Waals surface area contributed by atoms with Crippen LogP contribution in [0.3, 0.4) is 0 Å². The van der Waals surface area contributed by atoms with Gasteiger partial charge in [-0.2, -0.15) is 0 Å². The molecule has 0 spiro atoms. The van der Waals surface area contributed by atoms with E-state index in [2.05, 4.69) is 57.7 Å². The van der Waals surface area contributed by atoms with Crippen LogP contribution in [0.4, 0.5) is 5.69 Å². The lowest BCUT2D eigenvalue weighted by Gasteiger charge is -2.24. The molecule has 1 atom stereocenters. The van der Waals surface area contributed by atoms with Crippen LogP contribution in [0.5, 0.6) is 0 Å². The largest absolute Gasteiger partial charge is 0.354 e. The number of rotatable bonds is 5. The van der Waals surface area contributed by atoms with E-state index >= 15 is 0 Å². The highest BCUT2D eigenvalue weighted by molar-refractivity contribution is 9.10. The Morgan fingerprint density at radius 2 is 1.86 bits per heavy atom. The maximum Gasteiger partial charge on any atom is 0.171 e. The predicted octanol–water partition coefficient (Wildman–Crippen LogP) is 4.04. The Morgan fingerprint density at radius 3 is 2.50 bits per heavy atom. The molecule has 0 amide bonds. The molecule has 0 saturated heterocycles. The van der Waals surface area contributed by atoms with Crippen molar-refractivity contribution in [2.24, 2.45) is 0 Å². The standard InChI is InChI=1S/C17H20BrN3S/c1-21(2)12-16(13-7-4-3-5-8-13)20-17(22)19-15-10-6-9-14(18)11-15/h3-11,16H,12H2,1-2H3,(H2,19,20,22)/t16-/m0/s1. The van der Waals surface area contributed by atoms with E-state index in [9.17, 15) is 0 Å². The first kappa shape index (κ1) is 16.9. The van der Waals surface area contributed by atoms with Gasteiger partial charge in [-0.1, -0.05) is 52.3 Å². The van der Waals surface area contributed by atoms with E-state index in [0.717, 1.165) is 16.7 Å². The molecule has 5 heteroatoms. The van der Waals surface area contributed by atoms with Crippen LogP contribution in [-0.4, -0.2) is 30.7 Å². The zero-order valence-electron chi connectivity index (χ0n) is 12.7. The number of benzene rings is 2. The molecule has 0 aliphatic carbocycles. The molecule has 2 aromatic carbocycles. The molecule has 22 heavy (non-hydrogen) atoms. The summed E-state index contributed by atoms with van der Waals surface area (Å²) in [7, 11) is 4.12. The summed E-state index contributed by atoms with van der Waals surface area (Å²) in [5, 5.41) is 7.24. The van der Waals surface area contributed by atoms with Crippen LogP contribution in [0.25, 0.3) is 0 Å². The minimum Gasteiger partial charge on any atom is -0.354 e. The van der Waals surface area contributed by atoms with Crippen molar-refractivity contribution in [3.8, 4) is 0 Å². The van der Waals surface area contributed by atoms with E-state index in [1.54, 1.807) is 0 Å². The third kappa shape index (κ3) is 5.40. The monoisotopic (exact) mass is 377 g/mol. The van der Waals surface area contributed by atoms with E-state index in [0.29, 0.717) is 5.11 Å². The minimum atomic E-state index is 0.142. The van der Waals surface area contributed by atoms with Gasteiger partial charge in [0.2, 0.25) is 0 Å². The molecule has 0 radical (unpaired) electrons. The van der Waals surface area contributed by atoms with Gasteiger partial charge in [-0.15, -0.1) is 0 Å². The first-order valence-electron chi connectivity index (χ1n) is 7.07. The number of hydrogen-bond acceptors (Lipinski definition) is 2. The fraction of sp³-hybridized carbons (Fsp3) is 0.235. The van der Waals surface area contributed by atoms with Crippen molar-refractivity contribution in [3.05, 3.63) is 64.6 Å². The predicted molar refractivity (Wildman–Crippen MR) is 101 cm³/mol. The van der Waals surface area contributed by atoms with Crippen LogP contribution in [0, 0.1) is 0 Å². The second-order valence-corrected chi connectivity index (χ2v) is 6.66. The summed E-state index contributed by atoms with van der Waals surface area (Å²) in [4.78, 5) is 2.15. The van der Waals surface area contributed by atoms with Crippen molar-refractivity contribution < 1.29 is 0 Å². The summed E-state index contributed by atoms with van der Waals surface area (Å²) in [6.07, 6.45) is 0. The van der Waals surface area contributed by atoms with Gasteiger partial charge < -0.3 is 15.5 Å². The van der Waals surface area contributed by atoms with Crippen molar-refractivity contribution in [1.29, 1.82) is 0 Å². The average Bonchev–Trinajstić information content (AvgIpc) is 2.47. The van der Waals surface area contributed by atoms with Gasteiger partial charge in [-0.25, -0.2) is 0 Å². The number of hydrogen-bond donors (Lipinski definition) is 2. The van der Waals surface area contributed by atoms with Crippen LogP contribution in [0.2, 0.25) is 0 Å². The molecule has 0 aliphatic heterocycles. The van der Waals surface area contributed by atoms with Gasteiger partial charge in [0.25, 0.3) is 0 Å². The lowest BCUT2D eigenvalue weighted by molar-refractivity contribution is 0.363. The van der Waals surface area contributed by atoms with Crippen LogP contribution >= 0.6 is 28.1 Å². The van der Waals surface area contributed by atoms with Gasteiger partial charge in [-0.05, 0) is 50.1 Å². The van der Waals surface area contributed by atoms with Crippen molar-refractivity contribution in [1.82, 2.24) is 10.2 Å². The third-order valence-corrected chi connectivity index (χ3v) is 3.85. The molecule has 3 nitrogen and oxygen atoms in total. The highest BCUT2D eigenvalue weighted by Gasteiger charge is 2.13. The van der Waals surface area contributed by atoms with Crippen LogP contribution in [0.1, 0.15) is 11.6 Å². The van der Waals surface area contributed by atoms with Crippen LogP contribution < -0.4 is 10.6 Å². The van der Waals surface area contributed by atoms with E-state index in [4.69, 9.17) is 12.2 Å². The lowest BCUT2D eigenvalue weighted by atomic mass is 10.1. The molecule has 116 valence electrons. The van der Waals surface area contributed by atoms with E-state index < -0.39 is 0 Å². The van der Waals surface area contributed by atoms with E-state index in [1.165, 1.54) is 5.56 Å². The molecule has 0 bridgehead atoms. The molecule has 2 rings (SSSR count). The number of anilines is 1. The fourth-order valence-electron chi connectivity index (χ4n) is 2.18. The smallest absolute Gasteiger partial charge is 0.171 e. The van der Waals surface area contributed by atoms with Crippen molar-refractivity contribution in [2.75, 3.05) is 26.0 Å². The zero-order chi connectivity index (χ0) is 15.9. The Labute approximate surface area is 145 Å². The summed E-state index contributed by atoms with van der Waals surface area (Å²) in [6.45, 7) is 0.865. The second kappa shape index (κ2) is 8.27. The highest BCUT2D eigenvalue weighted by atomic mass is 79.9. The number of halogens is 1. The zero-order valence-corrected chi connectivity index (χ0v) is 15.1. The Morgan fingerprint density at radius 1 is 1.14 bits per heavy atom. The molecule has 2 N–H and O–H groups in total. The first-order valence-corrected chi connectivity index (χ1v) is 8.27. The van der Waals surface area contributed by atoms with Gasteiger partial charge >= 0.3 is 0 Å². The molecule has 0 unspecified atom stereocenters. The van der Waals surface area contributed by atoms with Crippen molar-refractivity contribution in [3.63, 3.8) is 0 Å².